The zero-order chi connectivity index (χ0) is 13.8. The molecular weight excluding hydrogens is 244 g/mol. The van der Waals surface area contributed by atoms with Crippen LogP contribution in [0, 0.1) is 0 Å². The van der Waals surface area contributed by atoms with E-state index in [1.54, 1.807) is 20.5 Å². The summed E-state index contributed by atoms with van der Waals surface area (Å²) < 4.78 is 12.4. The van der Waals surface area contributed by atoms with Gasteiger partial charge in [0.2, 0.25) is 0 Å². The van der Waals surface area contributed by atoms with Crippen molar-refractivity contribution in [3.05, 3.63) is 42.0 Å². The molecule has 6 heteroatoms. The average molecular weight is 262 g/mol. The Labute approximate surface area is 112 Å². The highest BCUT2D eigenvalue weighted by Gasteiger charge is 2.19. The first-order valence-corrected chi connectivity index (χ1v) is 5.85. The van der Waals surface area contributed by atoms with Gasteiger partial charge in [0.05, 0.1) is 32.3 Å². The Morgan fingerprint density at radius 1 is 1.32 bits per heavy atom. The van der Waals surface area contributed by atoms with Crippen LogP contribution in [0.2, 0.25) is 0 Å². The number of aryl methyl sites for hydroxylation is 1. The highest BCUT2D eigenvalue weighted by Crippen LogP contribution is 2.31. The molecule has 1 aromatic heterocycles. The highest BCUT2D eigenvalue weighted by atomic mass is 16.5. The summed E-state index contributed by atoms with van der Waals surface area (Å²) in [7, 11) is 5.14. The fourth-order valence-corrected chi connectivity index (χ4v) is 1.97. The summed E-state index contributed by atoms with van der Waals surface area (Å²) in [6, 6.07) is 5.37. The molecular formula is C13H18N4O2. The summed E-state index contributed by atoms with van der Waals surface area (Å²) >= 11 is 0. The summed E-state index contributed by atoms with van der Waals surface area (Å²) in [6.07, 6.45) is 3.64. The first kappa shape index (κ1) is 13.4. The topological polar surface area (TPSA) is 74.3 Å². The van der Waals surface area contributed by atoms with Crippen molar-refractivity contribution in [2.75, 3.05) is 14.2 Å². The second-order valence-electron chi connectivity index (χ2n) is 4.17. The minimum Gasteiger partial charge on any atom is -0.497 e. The lowest BCUT2D eigenvalue weighted by atomic mass is 10.0. The smallest absolute Gasteiger partial charge is 0.127 e. The normalized spacial score (nSPS) is 12.2. The molecule has 0 radical (unpaired) electrons. The van der Waals surface area contributed by atoms with Crippen LogP contribution >= 0.6 is 0 Å². The molecule has 3 N–H and O–H groups in total. The van der Waals surface area contributed by atoms with E-state index in [1.807, 2.05) is 36.0 Å². The molecule has 2 aromatic rings. The zero-order valence-electron chi connectivity index (χ0n) is 11.3. The minimum absolute atomic E-state index is 0.234. The van der Waals surface area contributed by atoms with Crippen molar-refractivity contribution >= 4 is 0 Å². The van der Waals surface area contributed by atoms with Gasteiger partial charge in [0.1, 0.15) is 11.5 Å². The summed E-state index contributed by atoms with van der Waals surface area (Å²) in [5, 5.41) is 0. The zero-order valence-corrected chi connectivity index (χ0v) is 11.3. The van der Waals surface area contributed by atoms with Crippen LogP contribution in [-0.4, -0.2) is 23.8 Å². The first-order chi connectivity index (χ1) is 9.19. The fourth-order valence-electron chi connectivity index (χ4n) is 1.97. The van der Waals surface area contributed by atoms with Crippen molar-refractivity contribution in [1.82, 2.24) is 15.0 Å². The van der Waals surface area contributed by atoms with Crippen molar-refractivity contribution in [2.24, 2.45) is 12.9 Å². The molecule has 0 saturated carbocycles. The van der Waals surface area contributed by atoms with E-state index in [2.05, 4.69) is 10.4 Å². The minimum atomic E-state index is -0.234. The maximum atomic E-state index is 5.65. The van der Waals surface area contributed by atoms with Gasteiger partial charge in [0.25, 0.3) is 0 Å². The second kappa shape index (κ2) is 5.73. The Balaban J connectivity index is 2.43. The summed E-state index contributed by atoms with van der Waals surface area (Å²) in [5.74, 6) is 7.09. The number of hydrogen-bond acceptors (Lipinski definition) is 5. The Bertz CT molecular complexity index is 553. The summed E-state index contributed by atoms with van der Waals surface area (Å²) in [6.45, 7) is 0. The number of hydrogen-bond donors (Lipinski definition) is 2. The van der Waals surface area contributed by atoms with Gasteiger partial charge in [-0.3, -0.25) is 5.84 Å². The van der Waals surface area contributed by atoms with Gasteiger partial charge in [-0.15, -0.1) is 0 Å². The predicted molar refractivity (Wildman–Crippen MR) is 71.9 cm³/mol. The quantitative estimate of drug-likeness (QED) is 0.621. The van der Waals surface area contributed by atoms with E-state index in [1.165, 1.54) is 0 Å². The van der Waals surface area contributed by atoms with Gasteiger partial charge in [-0.2, -0.15) is 0 Å². The van der Waals surface area contributed by atoms with E-state index in [0.717, 1.165) is 17.0 Å². The number of methoxy groups -OCH3 is 2. The molecule has 1 atom stereocenters. The van der Waals surface area contributed by atoms with Gasteiger partial charge in [0, 0.05) is 24.9 Å². The van der Waals surface area contributed by atoms with Crippen LogP contribution in [-0.2, 0) is 7.05 Å². The van der Waals surface area contributed by atoms with Crippen LogP contribution < -0.4 is 20.7 Å². The predicted octanol–water partition coefficient (Wildman–Crippen LogP) is 0.990. The lowest BCUT2D eigenvalue weighted by molar-refractivity contribution is 0.387. The monoisotopic (exact) mass is 262 g/mol. The van der Waals surface area contributed by atoms with Gasteiger partial charge in [-0.05, 0) is 12.1 Å². The maximum absolute atomic E-state index is 5.65. The lowest BCUT2D eigenvalue weighted by Gasteiger charge is -2.18. The summed E-state index contributed by atoms with van der Waals surface area (Å²) in [4.78, 5) is 4.31. The van der Waals surface area contributed by atoms with Crippen LogP contribution in [0.4, 0.5) is 0 Å². The molecule has 6 nitrogen and oxygen atoms in total. The van der Waals surface area contributed by atoms with Crippen molar-refractivity contribution in [3.63, 3.8) is 0 Å². The molecule has 102 valence electrons. The number of nitrogens with zero attached hydrogens (tertiary/aromatic N) is 2. The van der Waals surface area contributed by atoms with Gasteiger partial charge < -0.3 is 14.0 Å². The summed E-state index contributed by atoms with van der Waals surface area (Å²) in [5.41, 5.74) is 4.50. The highest BCUT2D eigenvalue weighted by molar-refractivity contribution is 5.44. The second-order valence-corrected chi connectivity index (χ2v) is 4.17. The van der Waals surface area contributed by atoms with E-state index in [4.69, 9.17) is 15.3 Å². The van der Waals surface area contributed by atoms with Crippen molar-refractivity contribution in [3.8, 4) is 11.5 Å². The largest absolute Gasteiger partial charge is 0.497 e. The molecule has 0 amide bonds. The van der Waals surface area contributed by atoms with Crippen LogP contribution in [0.25, 0.3) is 0 Å². The Morgan fingerprint density at radius 3 is 2.63 bits per heavy atom. The molecule has 19 heavy (non-hydrogen) atoms. The Kier molecular flexibility index (Phi) is 4.03. The molecule has 0 spiro atoms. The maximum Gasteiger partial charge on any atom is 0.127 e. The number of imidazole rings is 1. The van der Waals surface area contributed by atoms with Gasteiger partial charge in [0.15, 0.2) is 0 Å². The molecule has 0 bridgehead atoms. The van der Waals surface area contributed by atoms with Gasteiger partial charge in [-0.1, -0.05) is 0 Å². The third-order valence-corrected chi connectivity index (χ3v) is 2.94. The van der Waals surface area contributed by atoms with Gasteiger partial charge >= 0.3 is 0 Å². The van der Waals surface area contributed by atoms with E-state index in [9.17, 15) is 0 Å². The number of ether oxygens (including phenoxy) is 2. The molecule has 1 unspecified atom stereocenters. The van der Waals surface area contributed by atoms with E-state index in [-0.39, 0.29) is 6.04 Å². The van der Waals surface area contributed by atoms with Crippen molar-refractivity contribution in [1.29, 1.82) is 0 Å². The molecule has 0 aliphatic carbocycles. The Hall–Kier alpha value is -2.05. The number of hydrazine groups is 1. The third-order valence-electron chi connectivity index (χ3n) is 2.94. The van der Waals surface area contributed by atoms with E-state index >= 15 is 0 Å². The lowest BCUT2D eigenvalue weighted by Crippen LogP contribution is -2.29. The van der Waals surface area contributed by atoms with Crippen LogP contribution in [0.5, 0.6) is 11.5 Å². The van der Waals surface area contributed by atoms with Gasteiger partial charge in [-0.25, -0.2) is 10.4 Å². The van der Waals surface area contributed by atoms with E-state index < -0.39 is 0 Å². The molecule has 0 aliphatic heterocycles. The molecule has 2 rings (SSSR count). The van der Waals surface area contributed by atoms with Crippen LogP contribution in [0.3, 0.4) is 0 Å². The Morgan fingerprint density at radius 2 is 2.11 bits per heavy atom. The molecule has 0 aliphatic rings. The van der Waals surface area contributed by atoms with Crippen LogP contribution in [0.15, 0.2) is 30.7 Å². The average Bonchev–Trinajstić information content (AvgIpc) is 2.86. The number of aromatic nitrogens is 2. The number of nitrogens with one attached hydrogen (secondary N) is 1. The number of nitrogens with two attached hydrogens (primary N) is 1. The fraction of sp³-hybridized carbons (Fsp3) is 0.308. The molecule has 0 saturated heterocycles. The number of benzene rings is 1. The van der Waals surface area contributed by atoms with Crippen molar-refractivity contribution < 1.29 is 9.47 Å². The molecule has 1 aromatic carbocycles. The first-order valence-electron chi connectivity index (χ1n) is 5.85. The van der Waals surface area contributed by atoms with E-state index in [0.29, 0.717) is 5.75 Å². The van der Waals surface area contributed by atoms with Crippen molar-refractivity contribution in [2.45, 2.75) is 6.04 Å². The standard InChI is InChI=1S/C13H18N4O2/c1-17-7-11(15-8-17)13(16-14)10-5-4-9(18-2)6-12(10)19-3/h4-8,13,16H,14H2,1-3H3. The molecule has 1 heterocycles. The third kappa shape index (κ3) is 2.69. The SMILES string of the molecule is COc1ccc(C(NN)c2cn(C)cn2)c(OC)c1. The van der Waals surface area contributed by atoms with Crippen LogP contribution in [0.1, 0.15) is 17.3 Å². The molecule has 0 fully saturated rings. The number of rotatable bonds is 5.